The van der Waals surface area contributed by atoms with Crippen molar-refractivity contribution in [2.24, 2.45) is 7.05 Å². The van der Waals surface area contributed by atoms with Gasteiger partial charge in [0.25, 0.3) is 11.5 Å². The maximum atomic E-state index is 13.4. The number of anilines is 1. The van der Waals surface area contributed by atoms with Crippen molar-refractivity contribution in [2.75, 3.05) is 11.5 Å². The first-order chi connectivity index (χ1) is 16.4. The molecule has 2 heterocycles. The maximum absolute atomic E-state index is 13.4. The molecule has 3 aromatic rings. The molecule has 6 nitrogen and oxygen atoms in total. The Morgan fingerprint density at radius 2 is 1.74 bits per heavy atom. The highest BCUT2D eigenvalue weighted by molar-refractivity contribution is 8.27. The molecule has 176 valence electrons. The van der Waals surface area contributed by atoms with Crippen LogP contribution in [0.25, 0.3) is 11.8 Å². The number of carbonyl (C=O) groups excluding carboxylic acids is 1. The summed E-state index contributed by atoms with van der Waals surface area (Å²) in [5.41, 5.74) is 2.26. The lowest BCUT2D eigenvalue weighted by molar-refractivity contribution is -0.113. The number of hydrogen-bond acceptors (Lipinski definition) is 5. The monoisotopic (exact) mass is 493 g/mol. The van der Waals surface area contributed by atoms with Crippen LogP contribution in [0.4, 0.5) is 5.69 Å². The Hall–Kier alpha value is -3.10. The molecule has 1 fully saturated rings. The largest absolute Gasteiger partial charge is 0.494 e. The van der Waals surface area contributed by atoms with Crippen molar-refractivity contribution < 1.29 is 9.53 Å². The van der Waals surface area contributed by atoms with Crippen LogP contribution in [-0.4, -0.2) is 26.2 Å². The zero-order valence-electron chi connectivity index (χ0n) is 19.5. The quantitative estimate of drug-likeness (QED) is 0.237. The minimum absolute atomic E-state index is 0.284. The van der Waals surface area contributed by atoms with Crippen molar-refractivity contribution in [1.29, 1.82) is 0 Å². The van der Waals surface area contributed by atoms with Gasteiger partial charge < -0.3 is 4.74 Å². The third kappa shape index (κ3) is 4.74. The number of aromatic nitrogens is 2. The van der Waals surface area contributed by atoms with Gasteiger partial charge in [-0.3, -0.25) is 19.2 Å². The van der Waals surface area contributed by atoms with Gasteiger partial charge in [-0.05, 0) is 49.2 Å². The van der Waals surface area contributed by atoms with Gasteiger partial charge in [-0.1, -0.05) is 74.1 Å². The van der Waals surface area contributed by atoms with E-state index in [0.29, 0.717) is 21.5 Å². The highest BCUT2D eigenvalue weighted by Gasteiger charge is 2.37. The van der Waals surface area contributed by atoms with E-state index < -0.39 is 0 Å². The van der Waals surface area contributed by atoms with Crippen LogP contribution in [0, 0.1) is 6.92 Å². The second-order valence-electron chi connectivity index (χ2n) is 8.05. The smallest absolute Gasteiger partial charge is 0.296 e. The standard InChI is InChI=1S/C26H27N3O3S2/c1-4-5-9-16-32-21-14-12-19(13-15-21)17-22-24(30)28(26(33)34-22)23-18(2)27(3)29(25(23)31)20-10-7-6-8-11-20/h6-8,10-15,17H,4-5,9,16H2,1-3H3/b22-17-. The van der Waals surface area contributed by atoms with E-state index >= 15 is 0 Å². The van der Waals surface area contributed by atoms with E-state index in [0.717, 1.165) is 36.3 Å². The SMILES string of the molecule is CCCCCOc1ccc(/C=C2\SC(=S)N(c3c(C)n(C)n(-c4ccccc4)c3=O)C2=O)cc1. The highest BCUT2D eigenvalue weighted by Crippen LogP contribution is 2.36. The summed E-state index contributed by atoms with van der Waals surface area (Å²) in [7, 11) is 1.80. The number of thioether (sulfide) groups is 1. The Bertz CT molecular complexity index is 1290. The molecule has 34 heavy (non-hydrogen) atoms. The summed E-state index contributed by atoms with van der Waals surface area (Å²) in [6, 6.07) is 17.0. The number of thiocarbonyl (C=S) groups is 1. The number of amides is 1. The number of para-hydroxylation sites is 1. The van der Waals surface area contributed by atoms with Gasteiger partial charge in [0.1, 0.15) is 11.4 Å². The summed E-state index contributed by atoms with van der Waals surface area (Å²) in [6.07, 6.45) is 5.14. The van der Waals surface area contributed by atoms with Crippen molar-refractivity contribution in [3.63, 3.8) is 0 Å². The van der Waals surface area contributed by atoms with Gasteiger partial charge >= 0.3 is 0 Å². The minimum atomic E-state index is -0.291. The van der Waals surface area contributed by atoms with Crippen LogP contribution < -0.4 is 15.2 Å². The Morgan fingerprint density at radius 1 is 1.03 bits per heavy atom. The predicted molar refractivity (Wildman–Crippen MR) is 143 cm³/mol. The Labute approximate surface area is 208 Å². The number of hydrogen-bond donors (Lipinski definition) is 0. The molecule has 1 saturated heterocycles. The molecular weight excluding hydrogens is 466 g/mol. The van der Waals surface area contributed by atoms with Gasteiger partial charge in [0.15, 0.2) is 4.32 Å². The number of benzene rings is 2. The molecule has 0 aliphatic carbocycles. The topological polar surface area (TPSA) is 56.5 Å². The predicted octanol–water partition coefficient (Wildman–Crippen LogP) is 5.46. The van der Waals surface area contributed by atoms with Gasteiger partial charge in [0.05, 0.1) is 22.9 Å². The fourth-order valence-electron chi connectivity index (χ4n) is 3.83. The zero-order valence-corrected chi connectivity index (χ0v) is 21.1. The molecule has 1 aromatic heterocycles. The van der Waals surface area contributed by atoms with E-state index in [1.165, 1.54) is 16.7 Å². The van der Waals surface area contributed by atoms with Crippen LogP contribution in [0.2, 0.25) is 0 Å². The molecule has 1 aliphatic rings. The molecule has 8 heteroatoms. The molecule has 0 N–H and O–H groups in total. The molecular formula is C26H27N3O3S2. The number of rotatable bonds is 8. The van der Waals surface area contributed by atoms with Crippen molar-refractivity contribution in [1.82, 2.24) is 9.36 Å². The van der Waals surface area contributed by atoms with E-state index in [-0.39, 0.29) is 17.2 Å². The summed E-state index contributed by atoms with van der Waals surface area (Å²) < 4.78 is 9.40. The summed E-state index contributed by atoms with van der Waals surface area (Å²) in [6.45, 7) is 4.68. The van der Waals surface area contributed by atoms with Crippen LogP contribution in [-0.2, 0) is 11.8 Å². The number of unbranched alkanes of at least 4 members (excludes halogenated alkanes) is 2. The summed E-state index contributed by atoms with van der Waals surface area (Å²) >= 11 is 6.72. The lowest BCUT2D eigenvalue weighted by Gasteiger charge is -2.12. The van der Waals surface area contributed by atoms with Gasteiger partial charge in [0.2, 0.25) is 0 Å². The molecule has 0 spiro atoms. The minimum Gasteiger partial charge on any atom is -0.494 e. The molecule has 0 radical (unpaired) electrons. The van der Waals surface area contributed by atoms with Gasteiger partial charge in [0, 0.05) is 7.05 Å². The molecule has 0 unspecified atom stereocenters. The van der Waals surface area contributed by atoms with Crippen LogP contribution in [0.5, 0.6) is 5.75 Å². The maximum Gasteiger partial charge on any atom is 0.296 e. The summed E-state index contributed by atoms with van der Waals surface area (Å²) in [5, 5.41) is 0. The van der Waals surface area contributed by atoms with E-state index in [9.17, 15) is 9.59 Å². The second-order valence-corrected chi connectivity index (χ2v) is 9.73. The normalized spacial score (nSPS) is 14.9. The van der Waals surface area contributed by atoms with Crippen LogP contribution in [0.15, 0.2) is 64.3 Å². The fraction of sp³-hybridized carbons (Fsp3) is 0.269. The van der Waals surface area contributed by atoms with Crippen molar-refractivity contribution in [3.05, 3.63) is 81.1 Å². The van der Waals surface area contributed by atoms with E-state index in [4.69, 9.17) is 17.0 Å². The Kier molecular flexibility index (Phi) is 7.38. The number of ether oxygens (including phenoxy) is 1. The first-order valence-corrected chi connectivity index (χ1v) is 12.5. The van der Waals surface area contributed by atoms with Crippen molar-refractivity contribution in [3.8, 4) is 11.4 Å². The van der Waals surface area contributed by atoms with Crippen LogP contribution >= 0.6 is 24.0 Å². The lowest BCUT2D eigenvalue weighted by Crippen LogP contribution is -2.33. The first-order valence-electron chi connectivity index (χ1n) is 11.3. The van der Waals surface area contributed by atoms with Crippen molar-refractivity contribution >= 4 is 46.0 Å². The summed E-state index contributed by atoms with van der Waals surface area (Å²) in [5.74, 6) is 0.517. The average Bonchev–Trinajstić information content (AvgIpc) is 3.23. The Morgan fingerprint density at radius 3 is 2.41 bits per heavy atom. The lowest BCUT2D eigenvalue weighted by atomic mass is 10.2. The third-order valence-corrected chi connectivity index (χ3v) is 7.04. The van der Waals surface area contributed by atoms with E-state index in [1.54, 1.807) is 22.5 Å². The van der Waals surface area contributed by atoms with Gasteiger partial charge in [-0.15, -0.1) is 0 Å². The molecule has 0 bridgehead atoms. The zero-order chi connectivity index (χ0) is 24.2. The van der Waals surface area contributed by atoms with Crippen molar-refractivity contribution in [2.45, 2.75) is 33.1 Å². The summed E-state index contributed by atoms with van der Waals surface area (Å²) in [4.78, 5) is 28.5. The van der Waals surface area contributed by atoms with Crippen LogP contribution in [0.1, 0.15) is 37.4 Å². The van der Waals surface area contributed by atoms with E-state index in [1.807, 2.05) is 61.5 Å². The number of nitrogens with zero attached hydrogens (tertiary/aromatic N) is 3. The average molecular weight is 494 g/mol. The molecule has 1 aliphatic heterocycles. The molecule has 2 aromatic carbocycles. The molecule has 4 rings (SSSR count). The highest BCUT2D eigenvalue weighted by atomic mass is 32.2. The number of carbonyl (C=O) groups is 1. The second kappa shape index (κ2) is 10.4. The molecule has 1 amide bonds. The first kappa shape index (κ1) is 24.0. The Balaban J connectivity index is 1.58. The van der Waals surface area contributed by atoms with E-state index in [2.05, 4.69) is 6.92 Å². The molecule has 0 atom stereocenters. The fourth-order valence-corrected chi connectivity index (χ4v) is 5.10. The molecule has 0 saturated carbocycles. The third-order valence-electron chi connectivity index (χ3n) is 5.74. The van der Waals surface area contributed by atoms with Gasteiger partial charge in [-0.2, -0.15) is 0 Å². The van der Waals surface area contributed by atoms with Crippen LogP contribution in [0.3, 0.4) is 0 Å². The van der Waals surface area contributed by atoms with Gasteiger partial charge in [-0.25, -0.2) is 4.68 Å².